The summed E-state index contributed by atoms with van der Waals surface area (Å²) in [6.45, 7) is 5.19. The number of ether oxygens (including phenoxy) is 1. The van der Waals surface area contributed by atoms with Crippen molar-refractivity contribution in [3.63, 3.8) is 0 Å². The number of thioether (sulfide) groups is 1. The van der Waals surface area contributed by atoms with E-state index < -0.39 is 0 Å². The zero-order chi connectivity index (χ0) is 17.2. The summed E-state index contributed by atoms with van der Waals surface area (Å²) in [5, 5.41) is 9.58. The van der Waals surface area contributed by atoms with Crippen molar-refractivity contribution in [2.24, 2.45) is 7.05 Å². The summed E-state index contributed by atoms with van der Waals surface area (Å²) in [5.74, 6) is 1.62. The fourth-order valence-electron chi connectivity index (χ4n) is 2.87. The van der Waals surface area contributed by atoms with E-state index in [0.717, 1.165) is 65.6 Å². The number of para-hydroxylation sites is 2. The van der Waals surface area contributed by atoms with Crippen molar-refractivity contribution in [3.8, 4) is 0 Å². The summed E-state index contributed by atoms with van der Waals surface area (Å²) in [6.07, 6.45) is 0. The Labute approximate surface area is 150 Å². The summed E-state index contributed by atoms with van der Waals surface area (Å²) in [7, 11) is 2.01. The van der Waals surface area contributed by atoms with E-state index in [1.54, 1.807) is 11.8 Å². The molecule has 1 aromatic carbocycles. The molecule has 7 nitrogen and oxygen atoms in total. The first kappa shape index (κ1) is 16.3. The highest BCUT2D eigenvalue weighted by molar-refractivity contribution is 7.98. The van der Waals surface area contributed by atoms with E-state index in [9.17, 15) is 0 Å². The summed E-state index contributed by atoms with van der Waals surface area (Å²) < 4.78 is 7.44. The molecule has 0 aliphatic carbocycles. The van der Waals surface area contributed by atoms with Gasteiger partial charge >= 0.3 is 0 Å². The molecule has 3 heterocycles. The van der Waals surface area contributed by atoms with Crippen LogP contribution in [0.5, 0.6) is 0 Å². The smallest absolute Gasteiger partial charge is 0.227 e. The molecular weight excluding hydrogens is 336 g/mol. The van der Waals surface area contributed by atoms with Crippen molar-refractivity contribution in [2.45, 2.75) is 17.8 Å². The lowest BCUT2D eigenvalue weighted by molar-refractivity contribution is 0.121. The van der Waals surface area contributed by atoms with Crippen LogP contribution in [0.4, 0.5) is 5.95 Å². The number of anilines is 1. The van der Waals surface area contributed by atoms with Gasteiger partial charge < -0.3 is 9.64 Å². The SMILES string of the molecule is Cc1nc2ccccc2nc1CSc1nnc(N2CCOCC2)n1C. The third-order valence-electron chi connectivity index (χ3n) is 4.29. The number of hydrogen-bond acceptors (Lipinski definition) is 7. The van der Waals surface area contributed by atoms with Gasteiger partial charge in [0.2, 0.25) is 5.95 Å². The number of fused-ring (bicyclic) bond motifs is 1. The van der Waals surface area contributed by atoms with Crippen LogP contribution in [0.15, 0.2) is 29.4 Å². The number of benzene rings is 1. The van der Waals surface area contributed by atoms with Crippen molar-refractivity contribution >= 4 is 28.7 Å². The fourth-order valence-corrected chi connectivity index (χ4v) is 3.78. The van der Waals surface area contributed by atoms with E-state index in [-0.39, 0.29) is 0 Å². The average Bonchev–Trinajstić information content (AvgIpc) is 3.01. The van der Waals surface area contributed by atoms with Gasteiger partial charge in [0.15, 0.2) is 5.16 Å². The third-order valence-corrected chi connectivity index (χ3v) is 5.32. The van der Waals surface area contributed by atoms with Gasteiger partial charge in [-0.1, -0.05) is 23.9 Å². The molecule has 0 saturated carbocycles. The molecule has 8 heteroatoms. The average molecular weight is 356 g/mol. The number of aryl methyl sites for hydroxylation is 1. The van der Waals surface area contributed by atoms with Gasteiger partial charge in [-0.3, -0.25) is 4.57 Å². The Hall–Kier alpha value is -2.19. The number of morpholine rings is 1. The second-order valence-electron chi connectivity index (χ2n) is 5.97. The normalized spacial score (nSPS) is 15.0. The second-order valence-corrected chi connectivity index (χ2v) is 6.92. The first-order valence-corrected chi connectivity index (χ1v) is 9.28. The molecule has 1 saturated heterocycles. The van der Waals surface area contributed by atoms with Crippen LogP contribution < -0.4 is 4.90 Å². The van der Waals surface area contributed by atoms with Crippen LogP contribution in [0, 0.1) is 6.92 Å². The fraction of sp³-hybridized carbons (Fsp3) is 0.412. The Bertz CT molecular complexity index is 890. The Balaban J connectivity index is 1.52. The minimum Gasteiger partial charge on any atom is -0.378 e. The van der Waals surface area contributed by atoms with Gasteiger partial charge in [0.05, 0.1) is 35.6 Å². The minimum atomic E-state index is 0.721. The van der Waals surface area contributed by atoms with Crippen LogP contribution in [0.1, 0.15) is 11.4 Å². The van der Waals surface area contributed by atoms with E-state index in [2.05, 4.69) is 20.1 Å². The Morgan fingerprint density at radius 2 is 1.80 bits per heavy atom. The van der Waals surface area contributed by atoms with E-state index >= 15 is 0 Å². The summed E-state index contributed by atoms with van der Waals surface area (Å²) in [4.78, 5) is 11.6. The second kappa shape index (κ2) is 6.97. The number of hydrogen-bond donors (Lipinski definition) is 0. The predicted octanol–water partition coefficient (Wildman–Crippen LogP) is 2.20. The van der Waals surface area contributed by atoms with E-state index in [4.69, 9.17) is 9.72 Å². The molecule has 0 atom stereocenters. The zero-order valence-electron chi connectivity index (χ0n) is 14.3. The van der Waals surface area contributed by atoms with Crippen LogP contribution >= 0.6 is 11.8 Å². The predicted molar refractivity (Wildman–Crippen MR) is 97.9 cm³/mol. The molecule has 0 unspecified atom stereocenters. The lowest BCUT2D eigenvalue weighted by Gasteiger charge is -2.27. The monoisotopic (exact) mass is 356 g/mol. The molecule has 0 N–H and O–H groups in total. The van der Waals surface area contributed by atoms with Gasteiger partial charge in [-0.15, -0.1) is 10.2 Å². The van der Waals surface area contributed by atoms with Gasteiger partial charge in [-0.05, 0) is 19.1 Å². The van der Waals surface area contributed by atoms with Gasteiger partial charge in [0.1, 0.15) is 0 Å². The number of rotatable bonds is 4. The molecule has 2 aromatic heterocycles. The van der Waals surface area contributed by atoms with Crippen molar-refractivity contribution in [1.82, 2.24) is 24.7 Å². The first-order chi connectivity index (χ1) is 12.2. The third kappa shape index (κ3) is 3.32. The van der Waals surface area contributed by atoms with Crippen LogP contribution in [-0.4, -0.2) is 51.0 Å². The van der Waals surface area contributed by atoms with E-state index in [1.807, 2.05) is 42.8 Å². The lowest BCUT2D eigenvalue weighted by atomic mass is 10.2. The van der Waals surface area contributed by atoms with E-state index in [0.29, 0.717) is 0 Å². The maximum atomic E-state index is 5.40. The molecule has 0 radical (unpaired) electrons. The van der Waals surface area contributed by atoms with E-state index in [1.165, 1.54) is 0 Å². The van der Waals surface area contributed by atoms with Gasteiger partial charge in [-0.2, -0.15) is 0 Å². The van der Waals surface area contributed by atoms with Crippen LogP contribution in [0.3, 0.4) is 0 Å². The Kier molecular flexibility index (Phi) is 4.54. The van der Waals surface area contributed by atoms with Crippen molar-refractivity contribution in [2.75, 3.05) is 31.2 Å². The molecule has 1 aliphatic heterocycles. The standard InChI is InChI=1S/C17H20N6OS/c1-12-15(19-14-6-4-3-5-13(14)18-12)11-25-17-21-20-16(22(17)2)23-7-9-24-10-8-23/h3-6H,7-11H2,1-2H3. The zero-order valence-corrected chi connectivity index (χ0v) is 15.2. The summed E-state index contributed by atoms with van der Waals surface area (Å²) >= 11 is 1.64. The minimum absolute atomic E-state index is 0.721. The molecule has 0 bridgehead atoms. The van der Waals surface area contributed by atoms with Gasteiger partial charge in [0.25, 0.3) is 0 Å². The van der Waals surface area contributed by atoms with Gasteiger partial charge in [-0.25, -0.2) is 9.97 Å². The molecule has 3 aromatic rings. The molecule has 25 heavy (non-hydrogen) atoms. The largest absolute Gasteiger partial charge is 0.378 e. The van der Waals surface area contributed by atoms with Crippen molar-refractivity contribution < 1.29 is 4.74 Å². The highest BCUT2D eigenvalue weighted by Gasteiger charge is 2.19. The molecular formula is C17H20N6OS. The quantitative estimate of drug-likeness (QED) is 0.664. The van der Waals surface area contributed by atoms with Crippen molar-refractivity contribution in [1.29, 1.82) is 0 Å². The molecule has 1 fully saturated rings. The molecule has 4 rings (SSSR count). The maximum Gasteiger partial charge on any atom is 0.227 e. The topological polar surface area (TPSA) is 69.0 Å². The Morgan fingerprint density at radius 3 is 2.56 bits per heavy atom. The highest BCUT2D eigenvalue weighted by Crippen LogP contribution is 2.25. The van der Waals surface area contributed by atoms with Crippen LogP contribution in [-0.2, 0) is 17.5 Å². The highest BCUT2D eigenvalue weighted by atomic mass is 32.2. The van der Waals surface area contributed by atoms with Crippen molar-refractivity contribution in [3.05, 3.63) is 35.7 Å². The number of nitrogens with zero attached hydrogens (tertiary/aromatic N) is 6. The molecule has 1 aliphatic rings. The summed E-state index contributed by atoms with van der Waals surface area (Å²) in [6, 6.07) is 7.95. The molecule has 130 valence electrons. The molecule has 0 amide bonds. The maximum absolute atomic E-state index is 5.40. The van der Waals surface area contributed by atoms with Crippen LogP contribution in [0.2, 0.25) is 0 Å². The lowest BCUT2D eigenvalue weighted by Crippen LogP contribution is -2.37. The summed E-state index contributed by atoms with van der Waals surface area (Å²) in [5.41, 5.74) is 3.80. The molecule has 0 spiro atoms. The Morgan fingerprint density at radius 1 is 1.08 bits per heavy atom. The number of aromatic nitrogens is 5. The van der Waals surface area contributed by atoms with Crippen LogP contribution in [0.25, 0.3) is 11.0 Å². The first-order valence-electron chi connectivity index (χ1n) is 8.29. The van der Waals surface area contributed by atoms with Gasteiger partial charge in [0, 0.05) is 25.9 Å².